The first kappa shape index (κ1) is 9.63. The van der Waals surface area contributed by atoms with E-state index in [1.54, 1.807) is 18.7 Å². The zero-order valence-electron chi connectivity index (χ0n) is 7.74. The lowest BCUT2D eigenvalue weighted by Crippen LogP contribution is -2.64. The molecule has 0 aromatic carbocycles. The third kappa shape index (κ3) is 1.51. The van der Waals surface area contributed by atoms with Crippen LogP contribution in [0.25, 0.3) is 0 Å². The summed E-state index contributed by atoms with van der Waals surface area (Å²) in [4.78, 5) is 13.0. The highest BCUT2D eigenvalue weighted by Gasteiger charge is 2.38. The predicted molar refractivity (Wildman–Crippen MR) is 47.2 cm³/mol. The smallest absolute Gasteiger partial charge is 0.245 e. The summed E-state index contributed by atoms with van der Waals surface area (Å²) in [6.07, 6.45) is 0. The fourth-order valence-electron chi connectivity index (χ4n) is 1.35. The van der Waals surface area contributed by atoms with Crippen molar-refractivity contribution >= 4 is 11.9 Å². The van der Waals surface area contributed by atoms with Gasteiger partial charge in [-0.2, -0.15) is 0 Å². The molecular formula is C7H14N4O2. The molecular weight excluding hydrogens is 172 g/mol. The lowest BCUT2D eigenvalue weighted by atomic mass is 10.00. The molecule has 1 aliphatic rings. The van der Waals surface area contributed by atoms with E-state index in [-0.39, 0.29) is 11.9 Å². The van der Waals surface area contributed by atoms with Gasteiger partial charge in [0.05, 0.1) is 0 Å². The molecule has 1 saturated heterocycles. The Morgan fingerprint density at radius 2 is 2.38 bits per heavy atom. The van der Waals surface area contributed by atoms with Crippen molar-refractivity contribution < 1.29 is 10.0 Å². The first-order valence-corrected chi connectivity index (χ1v) is 4.03. The van der Waals surface area contributed by atoms with Gasteiger partial charge in [-0.05, 0) is 13.8 Å². The van der Waals surface area contributed by atoms with Crippen LogP contribution in [0.4, 0.5) is 0 Å². The maximum Gasteiger partial charge on any atom is 0.245 e. The second kappa shape index (κ2) is 3.12. The summed E-state index contributed by atoms with van der Waals surface area (Å²) in [6, 6.07) is 0. The lowest BCUT2D eigenvalue weighted by Gasteiger charge is -2.41. The van der Waals surface area contributed by atoms with E-state index in [1.165, 1.54) is 0 Å². The van der Waals surface area contributed by atoms with E-state index < -0.39 is 5.54 Å². The first-order chi connectivity index (χ1) is 6.00. The van der Waals surface area contributed by atoms with Gasteiger partial charge in [0.2, 0.25) is 11.9 Å². The second-order valence-corrected chi connectivity index (χ2v) is 3.42. The van der Waals surface area contributed by atoms with Crippen molar-refractivity contribution in [1.29, 1.82) is 0 Å². The molecule has 0 bridgehead atoms. The minimum absolute atomic E-state index is 0.0279. The minimum Gasteiger partial charge on any atom is -0.408 e. The molecule has 1 heterocycles. The Hall–Kier alpha value is -1.46. The van der Waals surface area contributed by atoms with Gasteiger partial charge < -0.3 is 21.2 Å². The average Bonchev–Trinajstić information content (AvgIpc) is 2.08. The standard InChI is InChI=1S/C7H14N4O2/c1-7(2)5(12)9-3-4-11(7)6(8)10-13/h13H,3-4H2,1-2H3,(H2,8,10)(H,9,12). The zero-order chi connectivity index (χ0) is 10.1. The number of nitrogens with zero attached hydrogens (tertiary/aromatic N) is 2. The van der Waals surface area contributed by atoms with Crippen LogP contribution >= 0.6 is 0 Å². The second-order valence-electron chi connectivity index (χ2n) is 3.42. The largest absolute Gasteiger partial charge is 0.408 e. The topological polar surface area (TPSA) is 91.0 Å². The fraction of sp³-hybridized carbons (Fsp3) is 0.714. The van der Waals surface area contributed by atoms with E-state index in [4.69, 9.17) is 10.9 Å². The first-order valence-electron chi connectivity index (χ1n) is 4.03. The minimum atomic E-state index is -0.755. The van der Waals surface area contributed by atoms with Crippen LogP contribution in [0, 0.1) is 0 Å². The quantitative estimate of drug-likeness (QED) is 0.194. The number of rotatable bonds is 0. The Labute approximate surface area is 76.4 Å². The summed E-state index contributed by atoms with van der Waals surface area (Å²) in [5, 5.41) is 14.1. The summed E-state index contributed by atoms with van der Waals surface area (Å²) in [5.74, 6) is -0.148. The van der Waals surface area contributed by atoms with Crippen LogP contribution in [0.1, 0.15) is 13.8 Å². The number of hydrogen-bond acceptors (Lipinski definition) is 3. The van der Waals surface area contributed by atoms with Crippen molar-refractivity contribution in [1.82, 2.24) is 10.2 Å². The summed E-state index contributed by atoms with van der Waals surface area (Å²) in [5.41, 5.74) is 4.68. The molecule has 0 aromatic rings. The van der Waals surface area contributed by atoms with Gasteiger partial charge in [0.25, 0.3) is 0 Å². The van der Waals surface area contributed by atoms with Crippen LogP contribution < -0.4 is 11.1 Å². The SMILES string of the molecule is CC1(C)C(=O)NCCN1C(N)=NO. The van der Waals surface area contributed by atoms with Gasteiger partial charge in [-0.15, -0.1) is 0 Å². The number of carbonyl (C=O) groups is 1. The molecule has 0 spiro atoms. The van der Waals surface area contributed by atoms with Gasteiger partial charge in [-0.1, -0.05) is 5.16 Å². The summed E-state index contributed by atoms with van der Waals surface area (Å²) in [7, 11) is 0. The normalized spacial score (nSPS) is 22.8. The van der Waals surface area contributed by atoms with Gasteiger partial charge in [-0.25, -0.2) is 0 Å². The number of hydrogen-bond donors (Lipinski definition) is 3. The highest BCUT2D eigenvalue weighted by molar-refractivity contribution is 5.92. The molecule has 1 rings (SSSR count). The third-order valence-corrected chi connectivity index (χ3v) is 2.23. The van der Waals surface area contributed by atoms with Crippen LogP contribution in [0.5, 0.6) is 0 Å². The monoisotopic (exact) mass is 186 g/mol. The Kier molecular flexibility index (Phi) is 2.31. The molecule has 1 amide bonds. The molecule has 0 unspecified atom stereocenters. The molecule has 0 aromatic heterocycles. The van der Waals surface area contributed by atoms with Crippen molar-refractivity contribution in [3.8, 4) is 0 Å². The van der Waals surface area contributed by atoms with Crippen LogP contribution in [-0.4, -0.2) is 40.6 Å². The third-order valence-electron chi connectivity index (χ3n) is 2.23. The molecule has 6 nitrogen and oxygen atoms in total. The van der Waals surface area contributed by atoms with Crippen molar-refractivity contribution in [2.75, 3.05) is 13.1 Å². The van der Waals surface area contributed by atoms with Gasteiger partial charge in [0, 0.05) is 13.1 Å². The van der Waals surface area contributed by atoms with Gasteiger partial charge in [-0.3, -0.25) is 4.79 Å². The number of amides is 1. The number of nitrogens with one attached hydrogen (secondary N) is 1. The van der Waals surface area contributed by atoms with Crippen LogP contribution in [0.3, 0.4) is 0 Å². The van der Waals surface area contributed by atoms with Crippen LogP contribution in [-0.2, 0) is 4.79 Å². The maximum absolute atomic E-state index is 11.4. The number of piperazine rings is 1. The molecule has 0 radical (unpaired) electrons. The number of carbonyl (C=O) groups excluding carboxylic acids is 1. The molecule has 13 heavy (non-hydrogen) atoms. The Morgan fingerprint density at radius 3 is 2.92 bits per heavy atom. The van der Waals surface area contributed by atoms with Crippen molar-refractivity contribution in [3.05, 3.63) is 0 Å². The Balaban J connectivity index is 2.90. The highest BCUT2D eigenvalue weighted by atomic mass is 16.4. The molecule has 6 heteroatoms. The van der Waals surface area contributed by atoms with Crippen molar-refractivity contribution in [2.24, 2.45) is 10.9 Å². The van der Waals surface area contributed by atoms with E-state index in [1.807, 2.05) is 0 Å². The number of oxime groups is 1. The lowest BCUT2D eigenvalue weighted by molar-refractivity contribution is -0.132. The Bertz CT molecular complexity index is 249. The van der Waals surface area contributed by atoms with E-state index in [9.17, 15) is 4.79 Å². The molecule has 4 N–H and O–H groups in total. The van der Waals surface area contributed by atoms with E-state index >= 15 is 0 Å². The Morgan fingerprint density at radius 1 is 1.77 bits per heavy atom. The zero-order valence-corrected chi connectivity index (χ0v) is 7.74. The molecule has 1 aliphatic heterocycles. The van der Waals surface area contributed by atoms with E-state index in [0.717, 1.165) is 0 Å². The van der Waals surface area contributed by atoms with Crippen molar-refractivity contribution in [3.63, 3.8) is 0 Å². The highest BCUT2D eigenvalue weighted by Crippen LogP contribution is 2.16. The average molecular weight is 186 g/mol. The van der Waals surface area contributed by atoms with Crippen LogP contribution in [0.15, 0.2) is 5.16 Å². The summed E-state index contributed by atoms with van der Waals surface area (Å²) < 4.78 is 0. The van der Waals surface area contributed by atoms with Gasteiger partial charge >= 0.3 is 0 Å². The van der Waals surface area contributed by atoms with Gasteiger partial charge in [0.1, 0.15) is 5.54 Å². The van der Waals surface area contributed by atoms with Gasteiger partial charge in [0.15, 0.2) is 0 Å². The summed E-state index contributed by atoms with van der Waals surface area (Å²) >= 11 is 0. The van der Waals surface area contributed by atoms with Crippen molar-refractivity contribution in [2.45, 2.75) is 19.4 Å². The summed E-state index contributed by atoms with van der Waals surface area (Å²) in [6.45, 7) is 4.51. The van der Waals surface area contributed by atoms with E-state index in [0.29, 0.717) is 13.1 Å². The molecule has 1 fully saturated rings. The predicted octanol–water partition coefficient (Wildman–Crippen LogP) is -1.10. The maximum atomic E-state index is 11.4. The van der Waals surface area contributed by atoms with Crippen LogP contribution in [0.2, 0.25) is 0 Å². The fourth-order valence-corrected chi connectivity index (χ4v) is 1.35. The van der Waals surface area contributed by atoms with E-state index in [2.05, 4.69) is 10.5 Å². The molecule has 0 atom stereocenters. The molecule has 0 aliphatic carbocycles. The number of nitrogens with two attached hydrogens (primary N) is 1. The molecule has 74 valence electrons. The molecule has 0 saturated carbocycles. The number of guanidine groups is 1.